The first-order valence-corrected chi connectivity index (χ1v) is 7.04. The van der Waals surface area contributed by atoms with Gasteiger partial charge in [-0.1, -0.05) is 45.9 Å². The third-order valence-electron chi connectivity index (χ3n) is 3.16. The van der Waals surface area contributed by atoms with E-state index in [4.69, 9.17) is 0 Å². The average Bonchev–Trinajstić information content (AvgIpc) is 2.85. The Kier molecular flexibility index (Phi) is 4.49. The van der Waals surface area contributed by atoms with Gasteiger partial charge in [-0.3, -0.25) is 0 Å². The van der Waals surface area contributed by atoms with Gasteiger partial charge in [0.25, 0.3) is 0 Å². The first kappa shape index (κ1) is 14.7. The minimum Gasteiger partial charge on any atom is -0.314 e. The van der Waals surface area contributed by atoms with Crippen molar-refractivity contribution in [3.05, 3.63) is 36.2 Å². The van der Waals surface area contributed by atoms with Crippen molar-refractivity contribution in [1.82, 2.24) is 25.5 Å². The van der Waals surface area contributed by atoms with Crippen LogP contribution in [0.1, 0.15) is 33.5 Å². The van der Waals surface area contributed by atoms with E-state index in [0.29, 0.717) is 6.04 Å². The summed E-state index contributed by atoms with van der Waals surface area (Å²) < 4.78 is 1.82. The SMILES string of the molecule is CC(C)NCC(C)(C)Cc1nnnn1-c1ccccc1. The van der Waals surface area contributed by atoms with Crippen molar-refractivity contribution >= 4 is 0 Å². The molecule has 20 heavy (non-hydrogen) atoms. The van der Waals surface area contributed by atoms with E-state index in [1.54, 1.807) is 0 Å². The van der Waals surface area contributed by atoms with Gasteiger partial charge < -0.3 is 5.32 Å². The van der Waals surface area contributed by atoms with Crippen molar-refractivity contribution in [2.75, 3.05) is 6.54 Å². The second kappa shape index (κ2) is 6.13. The number of aromatic nitrogens is 4. The van der Waals surface area contributed by atoms with Crippen LogP contribution in [0.2, 0.25) is 0 Å². The second-order valence-electron chi connectivity index (χ2n) is 6.22. The summed E-state index contributed by atoms with van der Waals surface area (Å²) in [6.45, 7) is 9.71. The molecule has 5 heteroatoms. The van der Waals surface area contributed by atoms with E-state index in [-0.39, 0.29) is 5.41 Å². The highest BCUT2D eigenvalue weighted by atomic mass is 15.5. The van der Waals surface area contributed by atoms with E-state index >= 15 is 0 Å². The lowest BCUT2D eigenvalue weighted by molar-refractivity contribution is 0.317. The second-order valence-corrected chi connectivity index (χ2v) is 6.22. The fraction of sp³-hybridized carbons (Fsp3) is 0.533. The van der Waals surface area contributed by atoms with E-state index in [1.807, 2.05) is 35.0 Å². The van der Waals surface area contributed by atoms with Gasteiger partial charge in [0.15, 0.2) is 5.82 Å². The Morgan fingerprint density at radius 1 is 1.20 bits per heavy atom. The van der Waals surface area contributed by atoms with Gasteiger partial charge in [0, 0.05) is 19.0 Å². The summed E-state index contributed by atoms with van der Waals surface area (Å²) in [6, 6.07) is 10.5. The predicted molar refractivity (Wildman–Crippen MR) is 79.8 cm³/mol. The molecule has 2 aromatic rings. The zero-order valence-corrected chi connectivity index (χ0v) is 12.7. The van der Waals surface area contributed by atoms with E-state index in [1.165, 1.54) is 0 Å². The molecule has 0 fully saturated rings. The number of nitrogens with one attached hydrogen (secondary N) is 1. The Balaban J connectivity index is 2.13. The fourth-order valence-corrected chi connectivity index (χ4v) is 2.06. The van der Waals surface area contributed by atoms with Crippen molar-refractivity contribution in [1.29, 1.82) is 0 Å². The highest BCUT2D eigenvalue weighted by Gasteiger charge is 2.22. The van der Waals surface area contributed by atoms with Crippen molar-refractivity contribution in [3.8, 4) is 5.69 Å². The molecule has 1 aromatic heterocycles. The Labute approximate surface area is 120 Å². The van der Waals surface area contributed by atoms with Gasteiger partial charge >= 0.3 is 0 Å². The Hall–Kier alpha value is -1.75. The number of hydrogen-bond donors (Lipinski definition) is 1. The molecular weight excluding hydrogens is 250 g/mol. The van der Waals surface area contributed by atoms with Crippen LogP contribution in [0.5, 0.6) is 0 Å². The van der Waals surface area contributed by atoms with E-state index < -0.39 is 0 Å². The summed E-state index contributed by atoms with van der Waals surface area (Å²) in [5.41, 5.74) is 1.10. The highest BCUT2D eigenvalue weighted by Crippen LogP contribution is 2.21. The molecule has 0 aliphatic rings. The number of tetrazole rings is 1. The van der Waals surface area contributed by atoms with Gasteiger partial charge in [-0.25, -0.2) is 0 Å². The van der Waals surface area contributed by atoms with Crippen molar-refractivity contribution in [3.63, 3.8) is 0 Å². The van der Waals surface area contributed by atoms with Crippen LogP contribution >= 0.6 is 0 Å². The molecule has 0 saturated heterocycles. The third-order valence-corrected chi connectivity index (χ3v) is 3.16. The summed E-state index contributed by atoms with van der Waals surface area (Å²) in [5.74, 6) is 0.895. The summed E-state index contributed by atoms with van der Waals surface area (Å²) in [4.78, 5) is 0. The molecule has 1 aromatic carbocycles. The molecule has 1 N–H and O–H groups in total. The van der Waals surface area contributed by atoms with Crippen LogP contribution in [-0.2, 0) is 6.42 Å². The van der Waals surface area contributed by atoms with Crippen LogP contribution in [0, 0.1) is 5.41 Å². The van der Waals surface area contributed by atoms with Gasteiger partial charge in [0.2, 0.25) is 0 Å². The average molecular weight is 273 g/mol. The molecule has 0 aliphatic heterocycles. The monoisotopic (exact) mass is 273 g/mol. The van der Waals surface area contributed by atoms with Crippen LogP contribution in [0.25, 0.3) is 5.69 Å². The molecule has 108 valence electrons. The summed E-state index contributed by atoms with van der Waals surface area (Å²) in [7, 11) is 0. The van der Waals surface area contributed by atoms with Gasteiger partial charge in [-0.2, -0.15) is 4.68 Å². The van der Waals surface area contributed by atoms with Gasteiger partial charge in [0.1, 0.15) is 0 Å². The number of benzene rings is 1. The van der Waals surface area contributed by atoms with Crippen molar-refractivity contribution in [2.45, 2.75) is 40.2 Å². The maximum atomic E-state index is 4.18. The molecule has 0 spiro atoms. The van der Waals surface area contributed by atoms with Crippen LogP contribution in [0.3, 0.4) is 0 Å². The lowest BCUT2D eigenvalue weighted by Crippen LogP contribution is -2.35. The van der Waals surface area contributed by atoms with E-state index in [2.05, 4.69) is 48.5 Å². The quantitative estimate of drug-likeness (QED) is 0.877. The maximum absolute atomic E-state index is 4.18. The number of rotatable bonds is 6. The summed E-state index contributed by atoms with van der Waals surface area (Å²) in [5, 5.41) is 15.6. The van der Waals surface area contributed by atoms with E-state index in [0.717, 1.165) is 24.5 Å². The molecule has 1 heterocycles. The molecule has 0 radical (unpaired) electrons. The smallest absolute Gasteiger partial charge is 0.157 e. The molecule has 0 bridgehead atoms. The molecular formula is C15H23N5. The fourth-order valence-electron chi connectivity index (χ4n) is 2.06. The Bertz CT molecular complexity index is 530. The minimum atomic E-state index is 0.103. The zero-order chi connectivity index (χ0) is 14.6. The molecule has 0 amide bonds. The predicted octanol–water partition coefficient (Wildman–Crippen LogP) is 2.23. The van der Waals surface area contributed by atoms with Crippen molar-refractivity contribution in [2.24, 2.45) is 5.41 Å². The van der Waals surface area contributed by atoms with Crippen molar-refractivity contribution < 1.29 is 0 Å². The number of nitrogens with zero attached hydrogens (tertiary/aromatic N) is 4. The molecule has 5 nitrogen and oxygen atoms in total. The molecule has 0 saturated carbocycles. The molecule has 0 atom stereocenters. The first-order chi connectivity index (χ1) is 9.48. The van der Waals surface area contributed by atoms with Crippen LogP contribution in [0.4, 0.5) is 0 Å². The normalized spacial score (nSPS) is 12.1. The first-order valence-electron chi connectivity index (χ1n) is 7.04. The van der Waals surface area contributed by atoms with Crippen LogP contribution in [0.15, 0.2) is 30.3 Å². The van der Waals surface area contributed by atoms with E-state index in [9.17, 15) is 0 Å². The number of hydrogen-bond acceptors (Lipinski definition) is 4. The molecule has 0 unspecified atom stereocenters. The maximum Gasteiger partial charge on any atom is 0.157 e. The highest BCUT2D eigenvalue weighted by molar-refractivity contribution is 5.30. The molecule has 0 aliphatic carbocycles. The topological polar surface area (TPSA) is 55.6 Å². The Morgan fingerprint density at radius 2 is 1.90 bits per heavy atom. The standard InChI is InChI=1S/C15H23N5/c1-12(2)16-11-15(3,4)10-14-17-18-19-20(14)13-8-6-5-7-9-13/h5-9,12,16H,10-11H2,1-4H3. The van der Waals surface area contributed by atoms with Crippen LogP contribution in [-0.4, -0.2) is 32.8 Å². The van der Waals surface area contributed by atoms with Gasteiger partial charge in [-0.05, 0) is 28.0 Å². The lowest BCUT2D eigenvalue weighted by atomic mass is 9.88. The largest absolute Gasteiger partial charge is 0.314 e. The zero-order valence-electron chi connectivity index (χ0n) is 12.7. The van der Waals surface area contributed by atoms with Gasteiger partial charge in [-0.15, -0.1) is 5.10 Å². The van der Waals surface area contributed by atoms with Gasteiger partial charge in [0.05, 0.1) is 5.69 Å². The lowest BCUT2D eigenvalue weighted by Gasteiger charge is -2.25. The summed E-state index contributed by atoms with van der Waals surface area (Å²) >= 11 is 0. The third kappa shape index (κ3) is 3.87. The minimum absolute atomic E-state index is 0.103. The van der Waals surface area contributed by atoms with Crippen LogP contribution < -0.4 is 5.32 Å². The number of para-hydroxylation sites is 1. The summed E-state index contributed by atoms with van der Waals surface area (Å²) in [6.07, 6.45) is 0.828. The molecule has 2 rings (SSSR count). The Morgan fingerprint density at radius 3 is 2.55 bits per heavy atom.